The van der Waals surface area contributed by atoms with Gasteiger partial charge in [-0.1, -0.05) is 0 Å². The highest BCUT2D eigenvalue weighted by molar-refractivity contribution is 5.68. The molecule has 1 rings (SSSR count). The van der Waals surface area contributed by atoms with Crippen molar-refractivity contribution in [3.8, 4) is 0 Å². The van der Waals surface area contributed by atoms with Gasteiger partial charge in [0.05, 0.1) is 19.3 Å². The second-order valence-corrected chi connectivity index (χ2v) is 5.14. The van der Waals surface area contributed by atoms with Crippen molar-refractivity contribution in [1.29, 1.82) is 0 Å². The fourth-order valence-corrected chi connectivity index (χ4v) is 1.55. The van der Waals surface area contributed by atoms with Crippen LogP contribution in [0.15, 0.2) is 0 Å². The van der Waals surface area contributed by atoms with Crippen molar-refractivity contribution in [3.05, 3.63) is 0 Å². The van der Waals surface area contributed by atoms with Crippen LogP contribution in [0.2, 0.25) is 0 Å². The molecule has 0 aromatic heterocycles. The Labute approximate surface area is 102 Å². The zero-order valence-corrected chi connectivity index (χ0v) is 10.7. The summed E-state index contributed by atoms with van der Waals surface area (Å²) in [4.78, 5) is 13.3. The van der Waals surface area contributed by atoms with Gasteiger partial charge in [-0.3, -0.25) is 0 Å². The van der Waals surface area contributed by atoms with Crippen LogP contribution in [-0.4, -0.2) is 60.1 Å². The molecular formula is C11H22N2O4. The van der Waals surface area contributed by atoms with Crippen molar-refractivity contribution in [2.75, 3.05) is 26.2 Å². The Morgan fingerprint density at radius 2 is 2.29 bits per heavy atom. The van der Waals surface area contributed by atoms with Crippen molar-refractivity contribution < 1.29 is 19.4 Å². The molecule has 3 N–H and O–H groups in total. The fraction of sp³-hybridized carbons (Fsp3) is 0.909. The van der Waals surface area contributed by atoms with Gasteiger partial charge in [0.2, 0.25) is 0 Å². The predicted octanol–water partition coefficient (Wildman–Crippen LogP) is -0.0581. The minimum Gasteiger partial charge on any atom is -0.444 e. The van der Waals surface area contributed by atoms with Crippen LogP contribution in [0.4, 0.5) is 4.79 Å². The Bertz CT molecular complexity index is 265. The van der Waals surface area contributed by atoms with Crippen LogP contribution >= 0.6 is 0 Å². The summed E-state index contributed by atoms with van der Waals surface area (Å²) in [6.07, 6.45) is -1.56. The number of carbonyl (C=O) groups is 1. The molecule has 0 saturated carbocycles. The molecule has 0 radical (unpaired) electrons. The molecule has 2 unspecified atom stereocenters. The average molecular weight is 246 g/mol. The lowest BCUT2D eigenvalue weighted by atomic mass is 10.1. The van der Waals surface area contributed by atoms with Crippen LogP contribution in [0, 0.1) is 0 Å². The highest BCUT2D eigenvalue weighted by atomic mass is 16.6. The first-order valence-electron chi connectivity index (χ1n) is 5.81. The van der Waals surface area contributed by atoms with Crippen LogP contribution in [0.1, 0.15) is 20.8 Å². The quantitative estimate of drug-likeness (QED) is 0.713. The smallest absolute Gasteiger partial charge is 0.410 e. The number of nitrogens with two attached hydrogens (primary N) is 1. The van der Waals surface area contributed by atoms with Crippen molar-refractivity contribution in [1.82, 2.24) is 4.90 Å². The molecule has 1 saturated heterocycles. The van der Waals surface area contributed by atoms with E-state index in [0.29, 0.717) is 19.7 Å². The minimum absolute atomic E-state index is 0.118. The first-order chi connectivity index (χ1) is 7.83. The highest BCUT2D eigenvalue weighted by Crippen LogP contribution is 2.14. The van der Waals surface area contributed by atoms with Crippen LogP contribution in [0.25, 0.3) is 0 Å². The SMILES string of the molecule is CC(C)(C)OC(=O)N1CCOC(C(O)CN)C1. The van der Waals surface area contributed by atoms with Gasteiger partial charge in [0.15, 0.2) is 0 Å². The summed E-state index contributed by atoms with van der Waals surface area (Å²) in [5, 5.41) is 9.59. The van der Waals surface area contributed by atoms with Crippen LogP contribution in [0.3, 0.4) is 0 Å². The van der Waals surface area contributed by atoms with E-state index in [9.17, 15) is 9.90 Å². The second kappa shape index (κ2) is 5.66. The average Bonchev–Trinajstić information content (AvgIpc) is 2.26. The Morgan fingerprint density at radius 1 is 1.65 bits per heavy atom. The molecule has 0 aliphatic carbocycles. The van der Waals surface area contributed by atoms with Gasteiger partial charge in [-0.15, -0.1) is 0 Å². The van der Waals surface area contributed by atoms with Gasteiger partial charge in [0.25, 0.3) is 0 Å². The van der Waals surface area contributed by atoms with Crippen molar-refractivity contribution in [2.24, 2.45) is 5.73 Å². The molecular weight excluding hydrogens is 224 g/mol. The summed E-state index contributed by atoms with van der Waals surface area (Å²) >= 11 is 0. The second-order valence-electron chi connectivity index (χ2n) is 5.14. The third-order valence-corrected chi connectivity index (χ3v) is 2.42. The van der Waals surface area contributed by atoms with Gasteiger partial charge in [-0.05, 0) is 20.8 Å². The summed E-state index contributed by atoms with van der Waals surface area (Å²) in [6, 6.07) is 0. The van der Waals surface area contributed by atoms with Gasteiger partial charge < -0.3 is 25.2 Å². The van der Waals surface area contributed by atoms with Crippen molar-refractivity contribution in [2.45, 2.75) is 38.6 Å². The number of carbonyl (C=O) groups excluding carboxylic acids is 1. The Hall–Kier alpha value is -0.850. The molecule has 6 heteroatoms. The zero-order chi connectivity index (χ0) is 13.1. The lowest BCUT2D eigenvalue weighted by Crippen LogP contribution is -2.52. The van der Waals surface area contributed by atoms with E-state index in [4.69, 9.17) is 15.2 Å². The molecule has 1 fully saturated rings. The lowest BCUT2D eigenvalue weighted by Gasteiger charge is -2.35. The van der Waals surface area contributed by atoms with E-state index in [0.717, 1.165) is 0 Å². The lowest BCUT2D eigenvalue weighted by molar-refractivity contribution is -0.0864. The fourth-order valence-electron chi connectivity index (χ4n) is 1.55. The van der Waals surface area contributed by atoms with E-state index in [1.807, 2.05) is 20.8 Å². The maximum absolute atomic E-state index is 11.8. The number of hydrogen-bond donors (Lipinski definition) is 2. The summed E-state index contributed by atoms with van der Waals surface area (Å²) in [6.45, 7) is 6.75. The summed E-state index contributed by atoms with van der Waals surface area (Å²) in [5.41, 5.74) is 4.84. The minimum atomic E-state index is -0.750. The molecule has 1 aliphatic heterocycles. The van der Waals surface area contributed by atoms with Crippen molar-refractivity contribution >= 4 is 6.09 Å². The van der Waals surface area contributed by atoms with Gasteiger partial charge in [-0.2, -0.15) is 0 Å². The number of aliphatic hydroxyl groups excluding tert-OH is 1. The standard InChI is InChI=1S/C11H22N2O4/c1-11(2,3)17-10(15)13-4-5-16-9(7-13)8(14)6-12/h8-9,14H,4-7,12H2,1-3H3. The molecule has 1 heterocycles. The largest absolute Gasteiger partial charge is 0.444 e. The number of rotatable bonds is 2. The van der Waals surface area contributed by atoms with E-state index in [2.05, 4.69) is 0 Å². The van der Waals surface area contributed by atoms with E-state index < -0.39 is 17.8 Å². The molecule has 100 valence electrons. The molecule has 0 bridgehead atoms. The third kappa shape index (κ3) is 4.49. The molecule has 0 spiro atoms. The van der Waals surface area contributed by atoms with Gasteiger partial charge >= 0.3 is 6.09 Å². The van der Waals surface area contributed by atoms with E-state index in [1.54, 1.807) is 0 Å². The molecule has 1 amide bonds. The maximum Gasteiger partial charge on any atom is 0.410 e. The Kier molecular flexibility index (Phi) is 4.73. The van der Waals surface area contributed by atoms with E-state index >= 15 is 0 Å². The predicted molar refractivity (Wildman–Crippen MR) is 62.6 cm³/mol. The first kappa shape index (κ1) is 14.2. The molecule has 0 aromatic rings. The maximum atomic E-state index is 11.8. The summed E-state index contributed by atoms with van der Waals surface area (Å²) in [5.74, 6) is 0. The zero-order valence-electron chi connectivity index (χ0n) is 10.7. The molecule has 17 heavy (non-hydrogen) atoms. The van der Waals surface area contributed by atoms with Crippen molar-refractivity contribution in [3.63, 3.8) is 0 Å². The monoisotopic (exact) mass is 246 g/mol. The third-order valence-electron chi connectivity index (χ3n) is 2.42. The highest BCUT2D eigenvalue weighted by Gasteiger charge is 2.31. The number of aliphatic hydroxyl groups is 1. The topological polar surface area (TPSA) is 85.0 Å². The Morgan fingerprint density at radius 3 is 2.82 bits per heavy atom. The molecule has 2 atom stereocenters. The summed E-state index contributed by atoms with van der Waals surface area (Å²) in [7, 11) is 0. The van der Waals surface area contributed by atoms with Crippen LogP contribution in [0.5, 0.6) is 0 Å². The number of ether oxygens (including phenoxy) is 2. The van der Waals surface area contributed by atoms with E-state index in [1.165, 1.54) is 4.90 Å². The Balaban J connectivity index is 2.52. The molecule has 1 aliphatic rings. The summed E-state index contributed by atoms with van der Waals surface area (Å²) < 4.78 is 10.6. The first-order valence-corrected chi connectivity index (χ1v) is 5.81. The normalized spacial score (nSPS) is 23.4. The van der Waals surface area contributed by atoms with E-state index in [-0.39, 0.29) is 12.6 Å². The van der Waals surface area contributed by atoms with Gasteiger partial charge in [0, 0.05) is 13.1 Å². The molecule has 0 aromatic carbocycles. The number of amides is 1. The number of hydrogen-bond acceptors (Lipinski definition) is 5. The van der Waals surface area contributed by atoms with Crippen LogP contribution < -0.4 is 5.73 Å². The number of morpholine rings is 1. The van der Waals surface area contributed by atoms with Gasteiger partial charge in [-0.25, -0.2) is 4.79 Å². The molecule has 6 nitrogen and oxygen atoms in total. The van der Waals surface area contributed by atoms with Gasteiger partial charge in [0.1, 0.15) is 11.7 Å². The van der Waals surface area contributed by atoms with Crippen LogP contribution in [-0.2, 0) is 9.47 Å². The number of nitrogens with zero attached hydrogens (tertiary/aromatic N) is 1.